The maximum absolute atomic E-state index is 5.49. The molecule has 2 heterocycles. The molecule has 0 unspecified atom stereocenters. The molecule has 0 saturated carbocycles. The van der Waals surface area contributed by atoms with Crippen LogP contribution in [-0.2, 0) is 6.54 Å². The summed E-state index contributed by atoms with van der Waals surface area (Å²) in [7, 11) is 2.17. The van der Waals surface area contributed by atoms with Gasteiger partial charge in [-0.1, -0.05) is 30.3 Å². The first-order valence-electron chi connectivity index (χ1n) is 9.26. The monoisotopic (exact) mass is 355 g/mol. The fourth-order valence-corrected chi connectivity index (χ4v) is 3.85. The highest BCUT2D eigenvalue weighted by atomic mass is 16.3. The Bertz CT molecular complexity index is 1090. The zero-order valence-electron chi connectivity index (χ0n) is 15.3. The van der Waals surface area contributed by atoms with Gasteiger partial charge in [-0.05, 0) is 53.7 Å². The molecule has 4 nitrogen and oxygen atoms in total. The summed E-state index contributed by atoms with van der Waals surface area (Å²) in [6.45, 7) is 2.88. The molecule has 1 aliphatic rings. The number of nitrogens with zero attached hydrogens (tertiary/aromatic N) is 3. The molecule has 0 N–H and O–H groups in total. The summed E-state index contributed by atoms with van der Waals surface area (Å²) in [6.07, 6.45) is 3.31. The average Bonchev–Trinajstić information content (AvgIpc) is 3.18. The molecular weight excluding hydrogens is 334 g/mol. The van der Waals surface area contributed by atoms with Gasteiger partial charge in [0.05, 0.1) is 6.20 Å². The third-order valence-electron chi connectivity index (χ3n) is 5.24. The molecule has 3 aromatic carbocycles. The van der Waals surface area contributed by atoms with E-state index in [0.29, 0.717) is 5.89 Å². The predicted octanol–water partition coefficient (Wildman–Crippen LogP) is 5.08. The molecule has 4 aromatic rings. The van der Waals surface area contributed by atoms with Crippen molar-refractivity contribution >= 4 is 22.1 Å². The Kier molecular flexibility index (Phi) is 3.91. The van der Waals surface area contributed by atoms with E-state index in [9.17, 15) is 0 Å². The Hall–Kier alpha value is -3.11. The van der Waals surface area contributed by atoms with Crippen molar-refractivity contribution in [3.05, 3.63) is 78.7 Å². The van der Waals surface area contributed by atoms with E-state index in [1.165, 1.54) is 27.7 Å². The van der Waals surface area contributed by atoms with Crippen LogP contribution in [-0.4, -0.2) is 30.0 Å². The largest absolute Gasteiger partial charge is 0.445 e. The normalized spacial score (nSPS) is 14.9. The lowest BCUT2D eigenvalue weighted by atomic mass is 10.1. The summed E-state index contributed by atoms with van der Waals surface area (Å²) < 4.78 is 5.49. The minimum absolute atomic E-state index is 0.668. The molecule has 4 heteroatoms. The standard InChI is InChI=1S/C23H21N3O/c1-25-11-12-26(21-8-6-17-4-2-3-5-18(17)15-21)22-9-7-19(14-20(22)16-25)23-24-10-13-27-23/h2-10,13-15H,11-12,16H2,1H3. The van der Waals surface area contributed by atoms with Gasteiger partial charge in [-0.15, -0.1) is 0 Å². The number of likely N-dealkylation sites (N-methyl/N-ethyl adjacent to an activating group) is 1. The Morgan fingerprint density at radius 3 is 2.67 bits per heavy atom. The van der Waals surface area contributed by atoms with Crippen molar-refractivity contribution in [1.82, 2.24) is 9.88 Å². The van der Waals surface area contributed by atoms with E-state index in [2.05, 4.69) is 82.5 Å². The lowest BCUT2D eigenvalue weighted by molar-refractivity contribution is 0.343. The molecule has 1 aliphatic heterocycles. The SMILES string of the molecule is CN1CCN(c2ccc3ccccc3c2)c2ccc(-c3ncco3)cc2C1. The molecule has 0 radical (unpaired) electrons. The van der Waals surface area contributed by atoms with Crippen molar-refractivity contribution in [2.24, 2.45) is 0 Å². The summed E-state index contributed by atoms with van der Waals surface area (Å²) in [6, 6.07) is 21.7. The smallest absolute Gasteiger partial charge is 0.225 e. The highest BCUT2D eigenvalue weighted by Crippen LogP contribution is 2.35. The van der Waals surface area contributed by atoms with Crippen molar-refractivity contribution in [1.29, 1.82) is 0 Å². The number of rotatable bonds is 2. The van der Waals surface area contributed by atoms with Gasteiger partial charge in [0.15, 0.2) is 0 Å². The maximum Gasteiger partial charge on any atom is 0.225 e. The number of anilines is 2. The van der Waals surface area contributed by atoms with E-state index in [-0.39, 0.29) is 0 Å². The van der Waals surface area contributed by atoms with Gasteiger partial charge < -0.3 is 14.2 Å². The van der Waals surface area contributed by atoms with E-state index >= 15 is 0 Å². The lowest BCUT2D eigenvalue weighted by Gasteiger charge is -2.25. The van der Waals surface area contributed by atoms with Crippen LogP contribution >= 0.6 is 0 Å². The van der Waals surface area contributed by atoms with Gasteiger partial charge in [0.2, 0.25) is 5.89 Å². The van der Waals surface area contributed by atoms with Crippen LogP contribution in [0.25, 0.3) is 22.2 Å². The predicted molar refractivity (Wildman–Crippen MR) is 109 cm³/mol. The Balaban J connectivity index is 1.61. The molecule has 1 aromatic heterocycles. The number of aromatic nitrogens is 1. The molecule has 0 aliphatic carbocycles. The van der Waals surface area contributed by atoms with Crippen molar-refractivity contribution in [3.63, 3.8) is 0 Å². The van der Waals surface area contributed by atoms with Crippen LogP contribution in [0, 0.1) is 0 Å². The van der Waals surface area contributed by atoms with E-state index in [1.807, 2.05) is 0 Å². The van der Waals surface area contributed by atoms with Crippen LogP contribution in [0.15, 0.2) is 77.5 Å². The second kappa shape index (κ2) is 6.56. The van der Waals surface area contributed by atoms with E-state index in [0.717, 1.165) is 25.2 Å². The van der Waals surface area contributed by atoms with Crippen LogP contribution in [0.4, 0.5) is 11.4 Å². The maximum atomic E-state index is 5.49. The second-order valence-corrected chi connectivity index (χ2v) is 7.10. The molecule has 0 fully saturated rings. The highest BCUT2D eigenvalue weighted by Gasteiger charge is 2.20. The van der Waals surface area contributed by atoms with Crippen molar-refractivity contribution in [2.45, 2.75) is 6.54 Å². The van der Waals surface area contributed by atoms with E-state index < -0.39 is 0 Å². The van der Waals surface area contributed by atoms with Crippen LogP contribution in [0.3, 0.4) is 0 Å². The minimum atomic E-state index is 0.668. The van der Waals surface area contributed by atoms with Crippen LogP contribution in [0.1, 0.15) is 5.56 Å². The second-order valence-electron chi connectivity index (χ2n) is 7.10. The zero-order valence-corrected chi connectivity index (χ0v) is 15.3. The third-order valence-corrected chi connectivity index (χ3v) is 5.24. The molecule has 134 valence electrons. The minimum Gasteiger partial charge on any atom is -0.445 e. The highest BCUT2D eigenvalue weighted by molar-refractivity contribution is 5.87. The van der Waals surface area contributed by atoms with E-state index in [1.54, 1.807) is 12.5 Å². The number of benzene rings is 3. The van der Waals surface area contributed by atoms with Gasteiger partial charge >= 0.3 is 0 Å². The molecular formula is C23H21N3O. The summed E-state index contributed by atoms with van der Waals surface area (Å²) in [5.74, 6) is 0.668. The Morgan fingerprint density at radius 1 is 0.926 bits per heavy atom. The van der Waals surface area contributed by atoms with Crippen LogP contribution < -0.4 is 4.90 Å². The van der Waals surface area contributed by atoms with Gasteiger partial charge in [-0.3, -0.25) is 0 Å². The fourth-order valence-electron chi connectivity index (χ4n) is 3.85. The summed E-state index contributed by atoms with van der Waals surface area (Å²) in [5.41, 5.74) is 4.80. The fraction of sp³-hybridized carbons (Fsp3) is 0.174. The van der Waals surface area contributed by atoms with Gasteiger partial charge in [-0.2, -0.15) is 0 Å². The molecule has 5 rings (SSSR count). The summed E-state index contributed by atoms with van der Waals surface area (Å²) in [5, 5.41) is 2.54. The first kappa shape index (κ1) is 16.1. The Labute approximate surface area is 158 Å². The quantitative estimate of drug-likeness (QED) is 0.502. The molecule has 0 atom stereocenters. The number of oxazole rings is 1. The van der Waals surface area contributed by atoms with Crippen molar-refractivity contribution < 1.29 is 4.42 Å². The van der Waals surface area contributed by atoms with E-state index in [4.69, 9.17) is 4.42 Å². The molecule has 27 heavy (non-hydrogen) atoms. The molecule has 0 bridgehead atoms. The average molecular weight is 355 g/mol. The van der Waals surface area contributed by atoms with Gasteiger partial charge in [-0.25, -0.2) is 4.98 Å². The molecule has 0 saturated heterocycles. The van der Waals surface area contributed by atoms with Crippen molar-refractivity contribution in [3.8, 4) is 11.5 Å². The zero-order chi connectivity index (χ0) is 18.2. The number of hydrogen-bond donors (Lipinski definition) is 0. The van der Waals surface area contributed by atoms with Gasteiger partial charge in [0.25, 0.3) is 0 Å². The molecule has 0 spiro atoms. The van der Waals surface area contributed by atoms with Crippen LogP contribution in [0.5, 0.6) is 0 Å². The third kappa shape index (κ3) is 2.98. The summed E-state index contributed by atoms with van der Waals surface area (Å²) in [4.78, 5) is 9.08. The van der Waals surface area contributed by atoms with Gasteiger partial charge in [0, 0.05) is 36.6 Å². The molecule has 0 amide bonds. The first-order chi connectivity index (χ1) is 13.3. The summed E-state index contributed by atoms with van der Waals surface area (Å²) >= 11 is 0. The van der Waals surface area contributed by atoms with Crippen LogP contribution in [0.2, 0.25) is 0 Å². The van der Waals surface area contributed by atoms with Gasteiger partial charge in [0.1, 0.15) is 6.26 Å². The number of fused-ring (bicyclic) bond motifs is 2. The topological polar surface area (TPSA) is 32.5 Å². The number of hydrogen-bond acceptors (Lipinski definition) is 4. The Morgan fingerprint density at radius 2 is 1.81 bits per heavy atom. The van der Waals surface area contributed by atoms with Crippen molar-refractivity contribution in [2.75, 3.05) is 25.0 Å². The first-order valence-corrected chi connectivity index (χ1v) is 9.26. The lowest BCUT2D eigenvalue weighted by Crippen LogP contribution is -2.26.